The number of aromatic nitrogens is 4. The monoisotopic (exact) mass is 538 g/mol. The number of hydrogen-bond acceptors (Lipinski definition) is 10. The Morgan fingerprint density at radius 1 is 1.14 bits per heavy atom. The largest absolute Gasteiger partial charge is 0.463 e. The van der Waals surface area contributed by atoms with Gasteiger partial charge < -0.3 is 33.9 Å². The molecule has 0 aliphatic carbocycles. The Hall–Kier alpha value is -2.33. The number of nitrogens with zero attached hydrogens (tertiary/aromatic N) is 4. The van der Waals surface area contributed by atoms with Crippen molar-refractivity contribution in [3.63, 3.8) is 0 Å². The van der Waals surface area contributed by atoms with Gasteiger partial charge in [0.1, 0.15) is 5.90 Å². The summed E-state index contributed by atoms with van der Waals surface area (Å²) in [5, 5.41) is 6.70. The Morgan fingerprint density at radius 2 is 1.83 bits per heavy atom. The molecule has 1 fully saturated rings. The molecule has 0 bridgehead atoms. The van der Waals surface area contributed by atoms with Crippen LogP contribution in [0.15, 0.2) is 30.6 Å². The molecule has 0 spiro atoms. The lowest BCUT2D eigenvalue weighted by Crippen LogP contribution is -2.30. The SMILES string of the molecule is CCn1cnc2c(Nc3ccc(P(=O)(O)CP(=O)(OC)OC)cc3)nc(OCC3CCNCC3)nc21. The number of anilines is 2. The summed E-state index contributed by atoms with van der Waals surface area (Å²) in [5.41, 5.74) is 1.86. The minimum absolute atomic E-state index is 0.136. The minimum atomic E-state index is -3.98. The fourth-order valence-corrected chi connectivity index (χ4v) is 8.19. The van der Waals surface area contributed by atoms with Gasteiger partial charge in [-0.25, -0.2) is 4.98 Å². The van der Waals surface area contributed by atoms with Gasteiger partial charge in [-0.05, 0) is 63.0 Å². The average Bonchev–Trinajstić information content (AvgIpc) is 3.31. The first-order valence-corrected chi connectivity index (χ1v) is 15.3. The molecule has 0 amide bonds. The maximum absolute atomic E-state index is 12.8. The molecule has 12 nitrogen and oxygen atoms in total. The number of nitrogens with one attached hydrogen (secondary N) is 2. The molecule has 196 valence electrons. The second-order valence-corrected chi connectivity index (χ2v) is 13.6. The number of hydrogen-bond donors (Lipinski definition) is 3. The topological polar surface area (TPSA) is 150 Å². The smallest absolute Gasteiger partial charge is 0.340 e. The summed E-state index contributed by atoms with van der Waals surface area (Å²) in [4.78, 5) is 24.1. The minimum Gasteiger partial charge on any atom is -0.463 e. The zero-order valence-electron chi connectivity index (χ0n) is 20.6. The molecule has 1 atom stereocenters. The number of rotatable bonds is 11. The van der Waals surface area contributed by atoms with E-state index in [1.54, 1.807) is 18.5 Å². The summed E-state index contributed by atoms with van der Waals surface area (Å²) in [7, 11) is -5.27. The van der Waals surface area contributed by atoms with Crippen molar-refractivity contribution in [2.24, 2.45) is 5.92 Å². The van der Waals surface area contributed by atoms with E-state index in [0.717, 1.165) is 25.9 Å². The molecule has 1 aliphatic heterocycles. The van der Waals surface area contributed by atoms with Crippen LogP contribution in [0.4, 0.5) is 11.5 Å². The molecule has 3 heterocycles. The standard InChI is InChI=1S/C22H32N6O6P2/c1-4-28-14-24-19-20(26-22(27-21(19)28)34-13-16-9-11-23-12-10-16)25-17-5-7-18(8-6-17)35(29,30)15-36(31,32-2)33-3/h5-8,14,16,23H,4,9-13,15H2,1-3H3,(H,29,30)(H,25,26,27). The summed E-state index contributed by atoms with van der Waals surface area (Å²) in [6.07, 6.45) is 3.80. The van der Waals surface area contributed by atoms with E-state index in [1.165, 1.54) is 26.4 Å². The van der Waals surface area contributed by atoms with Gasteiger partial charge in [-0.3, -0.25) is 9.13 Å². The summed E-state index contributed by atoms with van der Waals surface area (Å²) in [6.45, 7) is 5.20. The van der Waals surface area contributed by atoms with Crippen LogP contribution in [-0.4, -0.2) is 64.2 Å². The van der Waals surface area contributed by atoms with E-state index in [4.69, 9.17) is 13.8 Å². The summed E-state index contributed by atoms with van der Waals surface area (Å²) >= 11 is 0. The molecule has 4 rings (SSSR count). The van der Waals surface area contributed by atoms with Crippen molar-refractivity contribution in [1.29, 1.82) is 0 Å². The highest BCUT2D eigenvalue weighted by molar-refractivity contribution is 7.77. The zero-order valence-corrected chi connectivity index (χ0v) is 22.4. The van der Waals surface area contributed by atoms with E-state index >= 15 is 0 Å². The van der Waals surface area contributed by atoms with Gasteiger partial charge in [-0.15, -0.1) is 0 Å². The molecule has 0 radical (unpaired) electrons. The highest BCUT2D eigenvalue weighted by atomic mass is 31.2. The van der Waals surface area contributed by atoms with E-state index in [-0.39, 0.29) is 11.3 Å². The normalized spacial score (nSPS) is 16.7. The van der Waals surface area contributed by atoms with Crippen LogP contribution in [-0.2, 0) is 24.7 Å². The van der Waals surface area contributed by atoms with Crippen LogP contribution in [0, 0.1) is 5.92 Å². The van der Waals surface area contributed by atoms with Gasteiger partial charge in [0.15, 0.2) is 17.0 Å². The van der Waals surface area contributed by atoms with Gasteiger partial charge >= 0.3 is 13.6 Å². The Labute approximate surface area is 209 Å². The van der Waals surface area contributed by atoms with E-state index in [9.17, 15) is 14.0 Å². The van der Waals surface area contributed by atoms with Gasteiger partial charge in [0.25, 0.3) is 0 Å². The third-order valence-electron chi connectivity index (χ3n) is 6.15. The van der Waals surface area contributed by atoms with Crippen molar-refractivity contribution in [2.75, 3.05) is 45.1 Å². The highest BCUT2D eigenvalue weighted by Crippen LogP contribution is 2.59. The van der Waals surface area contributed by atoms with Crippen LogP contribution < -0.4 is 20.7 Å². The van der Waals surface area contributed by atoms with E-state index in [1.807, 2.05) is 11.5 Å². The number of aryl methyl sites for hydroxylation is 1. The van der Waals surface area contributed by atoms with Crippen LogP contribution in [0.5, 0.6) is 6.01 Å². The van der Waals surface area contributed by atoms with E-state index in [0.29, 0.717) is 41.7 Å². The molecular formula is C22H32N6O6P2. The third kappa shape index (κ3) is 6.14. The van der Waals surface area contributed by atoms with Gasteiger partial charge in [0, 0.05) is 31.8 Å². The first kappa shape index (κ1) is 26.7. The first-order chi connectivity index (χ1) is 17.3. The van der Waals surface area contributed by atoms with Crippen LogP contribution in [0.25, 0.3) is 11.2 Å². The number of benzene rings is 1. The molecule has 0 saturated carbocycles. The second-order valence-electron chi connectivity index (χ2n) is 8.55. The molecule has 1 aliphatic rings. The lowest BCUT2D eigenvalue weighted by atomic mass is 9.99. The molecule has 1 unspecified atom stereocenters. The maximum Gasteiger partial charge on any atom is 0.340 e. The molecule has 2 aromatic heterocycles. The second kappa shape index (κ2) is 11.4. The number of imidazole rings is 1. The Morgan fingerprint density at radius 3 is 2.47 bits per heavy atom. The zero-order chi connectivity index (χ0) is 25.8. The van der Waals surface area contributed by atoms with E-state index in [2.05, 4.69) is 25.6 Å². The molecule has 14 heteroatoms. The molecule has 3 aromatic rings. The van der Waals surface area contributed by atoms with Crippen LogP contribution >= 0.6 is 15.0 Å². The lowest BCUT2D eigenvalue weighted by molar-refractivity contribution is 0.202. The molecule has 3 N–H and O–H groups in total. The van der Waals surface area contributed by atoms with Crippen molar-refractivity contribution < 1.29 is 27.8 Å². The maximum atomic E-state index is 12.8. The van der Waals surface area contributed by atoms with Gasteiger partial charge in [0.2, 0.25) is 7.37 Å². The molecular weight excluding hydrogens is 506 g/mol. The van der Waals surface area contributed by atoms with Gasteiger partial charge in [0.05, 0.1) is 12.9 Å². The summed E-state index contributed by atoms with van der Waals surface area (Å²) in [5.74, 6) is 0.306. The fraction of sp³-hybridized carbons (Fsp3) is 0.500. The highest BCUT2D eigenvalue weighted by Gasteiger charge is 2.35. The molecule has 1 saturated heterocycles. The van der Waals surface area contributed by atoms with Crippen LogP contribution in [0.3, 0.4) is 0 Å². The van der Waals surface area contributed by atoms with E-state index < -0.39 is 20.9 Å². The molecule has 36 heavy (non-hydrogen) atoms. The Kier molecular flexibility index (Phi) is 8.44. The number of piperidine rings is 1. The third-order valence-corrected chi connectivity index (χ3v) is 11.3. The summed E-state index contributed by atoms with van der Waals surface area (Å²) < 4.78 is 42.7. The average molecular weight is 538 g/mol. The lowest BCUT2D eigenvalue weighted by Gasteiger charge is -2.22. The van der Waals surface area contributed by atoms with Crippen molar-refractivity contribution in [3.8, 4) is 6.01 Å². The fourth-order valence-electron chi connectivity index (χ4n) is 3.97. The van der Waals surface area contributed by atoms with Crippen molar-refractivity contribution in [2.45, 2.75) is 26.3 Å². The van der Waals surface area contributed by atoms with Crippen molar-refractivity contribution in [3.05, 3.63) is 30.6 Å². The van der Waals surface area contributed by atoms with Gasteiger partial charge in [-0.2, -0.15) is 9.97 Å². The van der Waals surface area contributed by atoms with Crippen LogP contribution in [0.2, 0.25) is 0 Å². The number of fused-ring (bicyclic) bond motifs is 1. The van der Waals surface area contributed by atoms with Crippen molar-refractivity contribution >= 4 is 42.9 Å². The van der Waals surface area contributed by atoms with Crippen molar-refractivity contribution in [1.82, 2.24) is 24.8 Å². The van der Waals surface area contributed by atoms with Crippen LogP contribution in [0.1, 0.15) is 19.8 Å². The Bertz CT molecular complexity index is 1270. The molecule has 1 aromatic carbocycles. The van der Waals surface area contributed by atoms with Gasteiger partial charge in [-0.1, -0.05) is 0 Å². The first-order valence-electron chi connectivity index (χ1n) is 11.7. The number of ether oxygens (including phenoxy) is 1. The summed E-state index contributed by atoms with van der Waals surface area (Å²) in [6, 6.07) is 6.55. The predicted octanol–water partition coefficient (Wildman–Crippen LogP) is 3.31. The Balaban J connectivity index is 1.56. The predicted molar refractivity (Wildman–Crippen MR) is 138 cm³/mol. The quantitative estimate of drug-likeness (QED) is 0.309.